The highest BCUT2D eigenvalue weighted by Gasteiger charge is 2.12. The summed E-state index contributed by atoms with van der Waals surface area (Å²) in [7, 11) is 0. The number of benzene rings is 1. The molecule has 1 aromatic carbocycles. The molecule has 0 fully saturated rings. The maximum Gasteiger partial charge on any atom is 0.210 e. The van der Waals surface area contributed by atoms with Gasteiger partial charge in [-0.3, -0.25) is 4.79 Å². The van der Waals surface area contributed by atoms with E-state index in [4.69, 9.17) is 4.74 Å². The Kier molecular flexibility index (Phi) is 4.32. The molecule has 1 aromatic heterocycles. The van der Waals surface area contributed by atoms with Gasteiger partial charge in [-0.2, -0.15) is 0 Å². The summed E-state index contributed by atoms with van der Waals surface area (Å²) in [6, 6.07) is 8.63. The number of Topliss-reactive ketones (excluding diaryl/α,β-unsaturated/α-hetero) is 1. The van der Waals surface area contributed by atoms with Crippen molar-refractivity contribution in [2.24, 2.45) is 0 Å². The minimum Gasteiger partial charge on any atom is -0.482 e. The Labute approximate surface area is 115 Å². The minimum atomic E-state index is -0.407. The molecule has 0 unspecified atom stereocenters. The van der Waals surface area contributed by atoms with Gasteiger partial charge in [-0.05, 0) is 37.1 Å². The first kappa shape index (κ1) is 13.7. The van der Waals surface area contributed by atoms with E-state index in [1.807, 2.05) is 13.0 Å². The van der Waals surface area contributed by atoms with Crippen LogP contribution < -0.4 is 4.74 Å². The minimum absolute atomic E-state index is 0.120. The van der Waals surface area contributed by atoms with E-state index in [2.05, 4.69) is 0 Å². The van der Waals surface area contributed by atoms with Crippen LogP contribution in [0.25, 0.3) is 0 Å². The van der Waals surface area contributed by atoms with Gasteiger partial charge in [0.1, 0.15) is 0 Å². The summed E-state index contributed by atoms with van der Waals surface area (Å²) in [4.78, 5) is 13.7. The molecule has 0 aliphatic carbocycles. The van der Waals surface area contributed by atoms with E-state index in [0.29, 0.717) is 10.4 Å². The average molecular weight is 278 g/mol. The Hall–Kier alpha value is -1.68. The first-order valence-corrected chi connectivity index (χ1v) is 6.93. The lowest BCUT2D eigenvalue weighted by molar-refractivity contribution is 0.0922. The van der Waals surface area contributed by atoms with Crippen molar-refractivity contribution in [3.05, 3.63) is 51.5 Å². The van der Waals surface area contributed by atoms with E-state index >= 15 is 0 Å². The zero-order chi connectivity index (χ0) is 13.8. The predicted octanol–water partition coefficient (Wildman–Crippen LogP) is 4.02. The van der Waals surface area contributed by atoms with E-state index < -0.39 is 5.82 Å². The second-order valence-electron chi connectivity index (χ2n) is 4.22. The quantitative estimate of drug-likeness (QED) is 0.772. The van der Waals surface area contributed by atoms with Crippen LogP contribution >= 0.6 is 11.3 Å². The van der Waals surface area contributed by atoms with Crippen LogP contribution in [0.15, 0.2) is 30.3 Å². The molecule has 0 saturated carbocycles. The highest BCUT2D eigenvalue weighted by molar-refractivity contribution is 7.14. The van der Waals surface area contributed by atoms with Gasteiger partial charge in [-0.25, -0.2) is 4.39 Å². The summed E-state index contributed by atoms with van der Waals surface area (Å²) in [5.74, 6) is -0.401. The smallest absolute Gasteiger partial charge is 0.210 e. The molecule has 1 heterocycles. The molecule has 100 valence electrons. The maximum atomic E-state index is 13.7. The van der Waals surface area contributed by atoms with Gasteiger partial charge >= 0.3 is 0 Å². The number of aryl methyl sites for hydroxylation is 2. The molecule has 0 amide bonds. The standard InChI is InChI=1S/C15H15FO2S/c1-3-11-7-8-14(19-11)12(17)9-18-13-6-4-5-10(2)15(13)16/h4-8H,3,9H2,1-2H3. The molecule has 2 nitrogen and oxygen atoms in total. The van der Waals surface area contributed by atoms with Gasteiger partial charge < -0.3 is 4.74 Å². The summed E-state index contributed by atoms with van der Waals surface area (Å²) < 4.78 is 18.9. The number of carbonyl (C=O) groups is 1. The number of thiophene rings is 1. The van der Waals surface area contributed by atoms with Gasteiger partial charge in [0.2, 0.25) is 5.78 Å². The summed E-state index contributed by atoms with van der Waals surface area (Å²) in [6.07, 6.45) is 0.908. The molecule has 0 saturated heterocycles. The number of halogens is 1. The van der Waals surface area contributed by atoms with Crippen LogP contribution in [0.3, 0.4) is 0 Å². The number of hydrogen-bond donors (Lipinski definition) is 0. The fourth-order valence-corrected chi connectivity index (χ4v) is 2.54. The van der Waals surface area contributed by atoms with Gasteiger partial charge in [0.25, 0.3) is 0 Å². The molecule has 0 aliphatic heterocycles. The van der Waals surface area contributed by atoms with Crippen molar-refractivity contribution in [1.82, 2.24) is 0 Å². The van der Waals surface area contributed by atoms with Gasteiger partial charge in [0.15, 0.2) is 18.2 Å². The summed E-state index contributed by atoms with van der Waals surface area (Å²) >= 11 is 1.46. The molecular weight excluding hydrogens is 263 g/mol. The molecule has 4 heteroatoms. The van der Waals surface area contributed by atoms with Crippen LogP contribution in [-0.2, 0) is 6.42 Å². The van der Waals surface area contributed by atoms with Crippen LogP contribution in [0.4, 0.5) is 4.39 Å². The maximum absolute atomic E-state index is 13.7. The normalized spacial score (nSPS) is 10.5. The highest BCUT2D eigenvalue weighted by atomic mass is 32.1. The first-order chi connectivity index (χ1) is 9.11. The molecular formula is C15H15FO2S. The van der Waals surface area contributed by atoms with E-state index in [0.717, 1.165) is 11.3 Å². The van der Waals surface area contributed by atoms with E-state index in [1.165, 1.54) is 17.4 Å². The fourth-order valence-electron chi connectivity index (χ4n) is 1.66. The third kappa shape index (κ3) is 3.20. The SMILES string of the molecule is CCc1ccc(C(=O)COc2cccc(C)c2F)s1. The van der Waals surface area contributed by atoms with Crippen LogP contribution in [0, 0.1) is 12.7 Å². The zero-order valence-electron chi connectivity index (χ0n) is 10.9. The lowest BCUT2D eigenvalue weighted by Crippen LogP contribution is -2.11. The molecule has 2 aromatic rings. The van der Waals surface area contributed by atoms with Crippen LogP contribution in [0.2, 0.25) is 0 Å². The predicted molar refractivity (Wildman–Crippen MR) is 74.7 cm³/mol. The second-order valence-corrected chi connectivity index (χ2v) is 5.39. The van der Waals surface area contributed by atoms with Crippen molar-refractivity contribution in [3.63, 3.8) is 0 Å². The molecule has 2 rings (SSSR count). The third-order valence-corrected chi connectivity index (χ3v) is 4.07. The summed E-state index contributed by atoms with van der Waals surface area (Å²) in [5, 5.41) is 0. The lowest BCUT2D eigenvalue weighted by Gasteiger charge is -2.07. The monoisotopic (exact) mass is 278 g/mol. The zero-order valence-corrected chi connectivity index (χ0v) is 11.7. The van der Waals surface area contributed by atoms with Crippen molar-refractivity contribution in [2.75, 3.05) is 6.61 Å². The summed E-state index contributed by atoms with van der Waals surface area (Å²) in [5.41, 5.74) is 0.509. The Morgan fingerprint density at radius 2 is 2.11 bits per heavy atom. The number of ether oxygens (including phenoxy) is 1. The molecule has 0 atom stereocenters. The van der Waals surface area contributed by atoms with Gasteiger partial charge in [-0.15, -0.1) is 11.3 Å². The first-order valence-electron chi connectivity index (χ1n) is 6.11. The molecule has 0 bridgehead atoms. The van der Waals surface area contributed by atoms with Crippen LogP contribution in [0.1, 0.15) is 27.0 Å². The average Bonchev–Trinajstić information content (AvgIpc) is 2.89. The number of rotatable bonds is 5. The number of hydrogen-bond acceptors (Lipinski definition) is 3. The number of carbonyl (C=O) groups excluding carboxylic acids is 1. The van der Waals surface area contributed by atoms with Crippen molar-refractivity contribution in [1.29, 1.82) is 0 Å². The Bertz CT molecular complexity index is 590. The van der Waals surface area contributed by atoms with Gasteiger partial charge in [0.05, 0.1) is 4.88 Å². The highest BCUT2D eigenvalue weighted by Crippen LogP contribution is 2.21. The van der Waals surface area contributed by atoms with Crippen LogP contribution in [0.5, 0.6) is 5.75 Å². The third-order valence-electron chi connectivity index (χ3n) is 2.80. The Balaban J connectivity index is 2.02. The van der Waals surface area contributed by atoms with E-state index in [1.54, 1.807) is 25.1 Å². The van der Waals surface area contributed by atoms with Crippen molar-refractivity contribution in [2.45, 2.75) is 20.3 Å². The Morgan fingerprint density at radius 1 is 1.32 bits per heavy atom. The van der Waals surface area contributed by atoms with Crippen molar-refractivity contribution >= 4 is 17.1 Å². The Morgan fingerprint density at radius 3 is 2.79 bits per heavy atom. The van der Waals surface area contributed by atoms with Crippen molar-refractivity contribution < 1.29 is 13.9 Å². The largest absolute Gasteiger partial charge is 0.482 e. The number of ketones is 1. The van der Waals surface area contributed by atoms with Gasteiger partial charge in [0, 0.05) is 4.88 Å². The van der Waals surface area contributed by atoms with E-state index in [-0.39, 0.29) is 18.1 Å². The fraction of sp³-hybridized carbons (Fsp3) is 0.267. The van der Waals surface area contributed by atoms with Crippen LogP contribution in [-0.4, -0.2) is 12.4 Å². The molecule has 0 radical (unpaired) electrons. The molecule has 0 aliphatic rings. The summed E-state index contributed by atoms with van der Waals surface area (Å²) in [6.45, 7) is 3.57. The second kappa shape index (κ2) is 5.97. The molecule has 0 N–H and O–H groups in total. The van der Waals surface area contributed by atoms with Crippen molar-refractivity contribution in [3.8, 4) is 5.75 Å². The topological polar surface area (TPSA) is 26.3 Å². The lowest BCUT2D eigenvalue weighted by atomic mass is 10.2. The molecule has 19 heavy (non-hydrogen) atoms. The van der Waals surface area contributed by atoms with Gasteiger partial charge in [-0.1, -0.05) is 19.1 Å². The molecule has 0 spiro atoms. The van der Waals surface area contributed by atoms with E-state index in [9.17, 15) is 9.18 Å².